The normalized spacial score (nSPS) is 11.1. The number of carbonyl (C=O) groups excluding carboxylic acids is 1. The number of rotatable bonds is 7. The quantitative estimate of drug-likeness (QED) is 0.438. The monoisotopic (exact) mass is 422 g/mol. The number of benzene rings is 2. The van der Waals surface area contributed by atoms with Crippen LogP contribution in [0.4, 0.5) is 0 Å². The molecular weight excluding hydrogens is 400 g/mol. The van der Waals surface area contributed by atoms with Gasteiger partial charge >= 0.3 is 0 Å². The minimum Gasteiger partial charge on any atom is -0.493 e. The van der Waals surface area contributed by atoms with Crippen LogP contribution in [0.25, 0.3) is 21.0 Å². The third kappa shape index (κ3) is 4.31. The average Bonchev–Trinajstić information content (AvgIpc) is 3.38. The van der Waals surface area contributed by atoms with E-state index in [2.05, 4.69) is 10.3 Å². The fourth-order valence-corrected chi connectivity index (χ4v) is 3.92. The number of nitrogens with zero attached hydrogens (tertiary/aromatic N) is 1. The highest BCUT2D eigenvalue weighted by Crippen LogP contribution is 2.31. The summed E-state index contributed by atoms with van der Waals surface area (Å²) in [5.41, 5.74) is 1.43. The van der Waals surface area contributed by atoms with Crippen LogP contribution in [0.1, 0.15) is 30.0 Å². The highest BCUT2D eigenvalue weighted by Gasteiger charge is 2.14. The Labute approximate surface area is 178 Å². The largest absolute Gasteiger partial charge is 0.493 e. The van der Waals surface area contributed by atoms with Gasteiger partial charge in [0, 0.05) is 5.56 Å². The summed E-state index contributed by atoms with van der Waals surface area (Å²) in [6, 6.07) is 16.8. The predicted octanol–water partition coefficient (Wildman–Crippen LogP) is 5.28. The molecule has 0 unspecified atom stereocenters. The molecule has 0 aliphatic rings. The molecule has 30 heavy (non-hydrogen) atoms. The van der Waals surface area contributed by atoms with E-state index in [1.807, 2.05) is 50.2 Å². The van der Waals surface area contributed by atoms with Gasteiger partial charge in [-0.1, -0.05) is 12.1 Å². The summed E-state index contributed by atoms with van der Waals surface area (Å²) in [6.07, 6.45) is 0.0159. The fraction of sp³-hybridized carbons (Fsp3) is 0.217. The Morgan fingerprint density at radius 3 is 2.73 bits per heavy atom. The van der Waals surface area contributed by atoms with Crippen LogP contribution in [0, 0.1) is 0 Å². The molecule has 0 spiro atoms. The number of ether oxygens (including phenoxy) is 2. The summed E-state index contributed by atoms with van der Waals surface area (Å²) in [5, 5.41) is 3.69. The molecule has 0 saturated carbocycles. The summed E-state index contributed by atoms with van der Waals surface area (Å²) >= 11 is 1.58. The van der Waals surface area contributed by atoms with Crippen molar-refractivity contribution in [1.82, 2.24) is 10.3 Å². The number of hydrogen-bond acceptors (Lipinski definition) is 6. The molecule has 0 saturated heterocycles. The van der Waals surface area contributed by atoms with Gasteiger partial charge in [-0.25, -0.2) is 4.98 Å². The highest BCUT2D eigenvalue weighted by molar-refractivity contribution is 7.21. The van der Waals surface area contributed by atoms with Crippen LogP contribution < -0.4 is 14.8 Å². The number of furan rings is 1. The Kier molecular flexibility index (Phi) is 5.72. The second kappa shape index (κ2) is 8.59. The maximum atomic E-state index is 12.6. The van der Waals surface area contributed by atoms with E-state index < -0.39 is 0 Å². The van der Waals surface area contributed by atoms with E-state index in [9.17, 15) is 4.79 Å². The first-order chi connectivity index (χ1) is 14.5. The van der Waals surface area contributed by atoms with Gasteiger partial charge in [-0.05, 0) is 56.3 Å². The van der Waals surface area contributed by atoms with Gasteiger partial charge in [0.25, 0.3) is 5.91 Å². The summed E-state index contributed by atoms with van der Waals surface area (Å²) in [7, 11) is 1.55. The number of amides is 1. The molecule has 0 atom stereocenters. The van der Waals surface area contributed by atoms with E-state index in [0.29, 0.717) is 28.6 Å². The lowest BCUT2D eigenvalue weighted by atomic mass is 10.2. The van der Waals surface area contributed by atoms with Gasteiger partial charge in [0.2, 0.25) is 0 Å². The Balaban J connectivity index is 1.43. The number of carbonyl (C=O) groups is 1. The number of nitrogens with one attached hydrogen (secondary N) is 1. The molecule has 2 aromatic heterocycles. The van der Waals surface area contributed by atoms with E-state index in [-0.39, 0.29) is 18.6 Å². The SMILES string of the molecule is COc1cc(C(=O)NCc2ccc(-c3nc4ccccc4s3)o2)ccc1OC(C)C. The van der Waals surface area contributed by atoms with Crippen molar-refractivity contribution in [2.75, 3.05) is 7.11 Å². The predicted molar refractivity (Wildman–Crippen MR) is 117 cm³/mol. The van der Waals surface area contributed by atoms with Crippen molar-refractivity contribution in [2.45, 2.75) is 26.5 Å². The lowest BCUT2D eigenvalue weighted by molar-refractivity contribution is 0.0947. The van der Waals surface area contributed by atoms with Gasteiger partial charge in [0.05, 0.1) is 30.0 Å². The zero-order valence-electron chi connectivity index (χ0n) is 17.0. The molecule has 0 aliphatic heterocycles. The Hall–Kier alpha value is -3.32. The Morgan fingerprint density at radius 2 is 1.97 bits per heavy atom. The molecular formula is C23H22N2O4S. The number of para-hydroxylation sites is 1. The van der Waals surface area contributed by atoms with Crippen molar-refractivity contribution in [1.29, 1.82) is 0 Å². The maximum absolute atomic E-state index is 12.6. The van der Waals surface area contributed by atoms with E-state index in [1.54, 1.807) is 36.6 Å². The molecule has 7 heteroatoms. The molecule has 2 heterocycles. The van der Waals surface area contributed by atoms with Crippen molar-refractivity contribution in [2.24, 2.45) is 0 Å². The van der Waals surface area contributed by atoms with Crippen molar-refractivity contribution >= 4 is 27.5 Å². The molecule has 1 N–H and O–H groups in total. The smallest absolute Gasteiger partial charge is 0.251 e. The van der Waals surface area contributed by atoms with E-state index in [0.717, 1.165) is 15.2 Å². The molecule has 4 rings (SSSR count). The Bertz CT molecular complexity index is 1150. The van der Waals surface area contributed by atoms with Gasteiger partial charge in [-0.3, -0.25) is 4.79 Å². The van der Waals surface area contributed by atoms with Gasteiger partial charge in [0.15, 0.2) is 22.3 Å². The molecule has 0 fully saturated rings. The van der Waals surface area contributed by atoms with Crippen LogP contribution in [-0.2, 0) is 6.54 Å². The fourth-order valence-electron chi connectivity index (χ4n) is 3.00. The van der Waals surface area contributed by atoms with E-state index in [1.165, 1.54) is 0 Å². The van der Waals surface area contributed by atoms with Crippen molar-refractivity contribution in [3.05, 3.63) is 65.9 Å². The minimum absolute atomic E-state index is 0.0159. The number of fused-ring (bicyclic) bond motifs is 1. The van der Waals surface area contributed by atoms with E-state index >= 15 is 0 Å². The second-order valence-electron chi connectivity index (χ2n) is 6.97. The summed E-state index contributed by atoms with van der Waals surface area (Å²) in [5.74, 6) is 2.26. The molecule has 1 amide bonds. The zero-order chi connectivity index (χ0) is 21.1. The number of methoxy groups -OCH3 is 1. The topological polar surface area (TPSA) is 73.6 Å². The van der Waals surface area contributed by atoms with Crippen LogP contribution in [0.15, 0.2) is 59.0 Å². The van der Waals surface area contributed by atoms with Crippen LogP contribution in [0.5, 0.6) is 11.5 Å². The Morgan fingerprint density at radius 1 is 1.13 bits per heavy atom. The van der Waals surface area contributed by atoms with Crippen molar-refractivity contribution < 1.29 is 18.7 Å². The minimum atomic E-state index is -0.220. The lowest BCUT2D eigenvalue weighted by Crippen LogP contribution is -2.22. The second-order valence-corrected chi connectivity index (χ2v) is 8.00. The van der Waals surface area contributed by atoms with Crippen molar-refractivity contribution in [3.63, 3.8) is 0 Å². The average molecular weight is 423 g/mol. The molecule has 154 valence electrons. The first kappa shape index (κ1) is 20.0. The zero-order valence-corrected chi connectivity index (χ0v) is 17.8. The van der Waals surface area contributed by atoms with Crippen LogP contribution in [-0.4, -0.2) is 24.1 Å². The molecule has 6 nitrogen and oxygen atoms in total. The summed E-state index contributed by atoms with van der Waals surface area (Å²) < 4.78 is 18.0. The van der Waals surface area contributed by atoms with Crippen molar-refractivity contribution in [3.8, 4) is 22.3 Å². The van der Waals surface area contributed by atoms with Gasteiger partial charge < -0.3 is 19.2 Å². The molecule has 4 aromatic rings. The van der Waals surface area contributed by atoms with E-state index in [4.69, 9.17) is 13.9 Å². The standard InChI is InChI=1S/C23H22N2O4S/c1-14(2)28-18-10-8-15(12-20(18)27-3)22(26)24-13-16-9-11-19(29-16)23-25-17-6-4-5-7-21(17)30-23/h4-12,14H,13H2,1-3H3,(H,24,26). The summed E-state index contributed by atoms with van der Waals surface area (Å²) in [6.45, 7) is 4.15. The maximum Gasteiger partial charge on any atom is 0.251 e. The number of aromatic nitrogens is 1. The van der Waals surface area contributed by atoms with Gasteiger partial charge in [-0.15, -0.1) is 11.3 Å². The van der Waals surface area contributed by atoms with Gasteiger partial charge in [-0.2, -0.15) is 0 Å². The third-order valence-corrected chi connectivity index (χ3v) is 5.43. The summed E-state index contributed by atoms with van der Waals surface area (Å²) in [4.78, 5) is 17.2. The molecule has 0 aliphatic carbocycles. The third-order valence-electron chi connectivity index (χ3n) is 4.38. The first-order valence-corrected chi connectivity index (χ1v) is 10.4. The van der Waals surface area contributed by atoms with Gasteiger partial charge in [0.1, 0.15) is 5.76 Å². The van der Waals surface area contributed by atoms with Crippen LogP contribution in [0.3, 0.4) is 0 Å². The molecule has 0 bridgehead atoms. The highest BCUT2D eigenvalue weighted by atomic mass is 32.1. The molecule has 2 aromatic carbocycles. The number of thiazole rings is 1. The first-order valence-electron chi connectivity index (χ1n) is 9.61. The molecule has 0 radical (unpaired) electrons. The van der Waals surface area contributed by atoms with Crippen LogP contribution >= 0.6 is 11.3 Å². The lowest BCUT2D eigenvalue weighted by Gasteiger charge is -2.14. The number of hydrogen-bond donors (Lipinski definition) is 1. The van der Waals surface area contributed by atoms with Crippen LogP contribution in [0.2, 0.25) is 0 Å².